The van der Waals surface area contributed by atoms with Gasteiger partial charge < -0.3 is 10.6 Å². The smallest absolute Gasteiger partial charge is 0.273 e. The summed E-state index contributed by atoms with van der Waals surface area (Å²) in [6.45, 7) is 4.10. The van der Waals surface area contributed by atoms with Crippen LogP contribution in [0.25, 0.3) is 0 Å². The van der Waals surface area contributed by atoms with Gasteiger partial charge in [-0.1, -0.05) is 6.07 Å². The highest BCUT2D eigenvalue weighted by atomic mass is 35.5. The normalized spacial score (nSPS) is 17.4. The first-order valence-electron chi connectivity index (χ1n) is 6.32. The molecule has 110 valence electrons. The van der Waals surface area contributed by atoms with Crippen LogP contribution in [0.2, 0.25) is 0 Å². The molecule has 0 bridgehead atoms. The summed E-state index contributed by atoms with van der Waals surface area (Å²) in [5, 5.41) is 16.9. The quantitative estimate of drug-likeness (QED) is 0.654. The van der Waals surface area contributed by atoms with Gasteiger partial charge in [-0.05, 0) is 38.4 Å². The van der Waals surface area contributed by atoms with Crippen LogP contribution in [0.3, 0.4) is 0 Å². The molecule has 2 N–H and O–H groups in total. The van der Waals surface area contributed by atoms with Crippen LogP contribution in [-0.2, 0) is 0 Å². The summed E-state index contributed by atoms with van der Waals surface area (Å²) < 4.78 is 0. The first-order valence-corrected chi connectivity index (χ1v) is 6.32. The lowest BCUT2D eigenvalue weighted by atomic mass is 10.1. The lowest BCUT2D eigenvalue weighted by molar-refractivity contribution is -0.385. The van der Waals surface area contributed by atoms with E-state index in [1.165, 1.54) is 12.1 Å². The molecule has 1 aliphatic heterocycles. The van der Waals surface area contributed by atoms with Crippen molar-refractivity contribution in [1.29, 1.82) is 0 Å². The monoisotopic (exact) mass is 299 g/mol. The van der Waals surface area contributed by atoms with E-state index in [2.05, 4.69) is 10.6 Å². The fraction of sp³-hybridized carbons (Fsp3) is 0.462. The molecule has 0 radical (unpaired) electrons. The van der Waals surface area contributed by atoms with Gasteiger partial charge in [0.05, 0.1) is 4.92 Å². The van der Waals surface area contributed by atoms with Crippen LogP contribution in [-0.4, -0.2) is 30.5 Å². The minimum Gasteiger partial charge on any atom is -0.352 e. The molecule has 1 aliphatic rings. The zero-order chi connectivity index (χ0) is 13.8. The zero-order valence-electron chi connectivity index (χ0n) is 11.2. The number of nitrogens with one attached hydrogen (secondary N) is 2. The molecular weight excluding hydrogens is 282 g/mol. The van der Waals surface area contributed by atoms with Gasteiger partial charge in [0.2, 0.25) is 0 Å². The molecule has 1 unspecified atom stereocenters. The van der Waals surface area contributed by atoms with Crippen molar-refractivity contribution in [2.45, 2.75) is 13.3 Å². The first kappa shape index (κ1) is 16.4. The highest BCUT2D eigenvalue weighted by Crippen LogP contribution is 2.21. The third-order valence-corrected chi connectivity index (χ3v) is 3.46. The zero-order valence-corrected chi connectivity index (χ0v) is 12.0. The Labute approximate surface area is 123 Å². The molecule has 0 spiro atoms. The Morgan fingerprint density at radius 2 is 2.30 bits per heavy atom. The summed E-state index contributed by atoms with van der Waals surface area (Å²) in [5.41, 5.74) is 0.768. The van der Waals surface area contributed by atoms with Gasteiger partial charge >= 0.3 is 0 Å². The number of nitrogens with zero attached hydrogens (tertiary/aromatic N) is 1. The number of hydrogen-bond donors (Lipinski definition) is 2. The maximum absolute atomic E-state index is 12.0. The van der Waals surface area contributed by atoms with Gasteiger partial charge in [-0.15, -0.1) is 12.4 Å². The van der Waals surface area contributed by atoms with Gasteiger partial charge in [-0.3, -0.25) is 14.9 Å². The number of nitro groups is 1. The fourth-order valence-corrected chi connectivity index (χ4v) is 2.29. The summed E-state index contributed by atoms with van der Waals surface area (Å²) in [6.07, 6.45) is 1.05. The van der Waals surface area contributed by atoms with E-state index in [0.29, 0.717) is 23.6 Å². The number of halogens is 1. The standard InChI is InChI=1S/C13H17N3O3.ClH/c1-9-11(3-2-4-12(9)16(18)19)13(17)15-8-10-5-6-14-7-10;/h2-4,10,14H,5-8H2,1H3,(H,15,17);1H. The maximum atomic E-state index is 12.0. The van der Waals surface area contributed by atoms with E-state index < -0.39 is 4.92 Å². The molecule has 7 heteroatoms. The third-order valence-electron chi connectivity index (χ3n) is 3.46. The Kier molecular flexibility index (Phi) is 5.91. The van der Waals surface area contributed by atoms with E-state index in [1.807, 2.05) is 0 Å². The predicted octanol–water partition coefficient (Wildman–Crippen LogP) is 1.66. The van der Waals surface area contributed by atoms with Crippen molar-refractivity contribution >= 4 is 24.0 Å². The minimum atomic E-state index is -0.465. The van der Waals surface area contributed by atoms with Gasteiger partial charge in [-0.2, -0.15) is 0 Å². The lowest BCUT2D eigenvalue weighted by Crippen LogP contribution is -2.30. The van der Waals surface area contributed by atoms with Gasteiger partial charge in [0.15, 0.2) is 0 Å². The molecule has 0 saturated carbocycles. The summed E-state index contributed by atoms with van der Waals surface area (Å²) >= 11 is 0. The Morgan fingerprint density at radius 1 is 1.55 bits per heavy atom. The molecule has 20 heavy (non-hydrogen) atoms. The number of carbonyl (C=O) groups is 1. The average molecular weight is 300 g/mol. The first-order chi connectivity index (χ1) is 9.09. The fourth-order valence-electron chi connectivity index (χ4n) is 2.29. The number of amides is 1. The Morgan fingerprint density at radius 3 is 2.90 bits per heavy atom. The molecule has 6 nitrogen and oxygen atoms in total. The van der Waals surface area contributed by atoms with Crippen LogP contribution in [0, 0.1) is 23.0 Å². The Balaban J connectivity index is 0.00000200. The SMILES string of the molecule is Cc1c(C(=O)NCC2CCNC2)cccc1[N+](=O)[O-].Cl. The second-order valence-corrected chi connectivity index (χ2v) is 4.78. The average Bonchev–Trinajstić information content (AvgIpc) is 2.89. The van der Waals surface area contributed by atoms with Crippen molar-refractivity contribution in [2.24, 2.45) is 5.92 Å². The molecular formula is C13H18ClN3O3. The summed E-state index contributed by atoms with van der Waals surface area (Å²) in [6, 6.07) is 4.56. The van der Waals surface area contributed by atoms with Crippen LogP contribution < -0.4 is 10.6 Å². The largest absolute Gasteiger partial charge is 0.352 e. The summed E-state index contributed by atoms with van der Waals surface area (Å²) in [7, 11) is 0. The lowest BCUT2D eigenvalue weighted by Gasteiger charge is -2.11. The van der Waals surface area contributed by atoms with Gasteiger partial charge in [0.1, 0.15) is 0 Å². The van der Waals surface area contributed by atoms with Crippen LogP contribution in [0.4, 0.5) is 5.69 Å². The number of carbonyl (C=O) groups excluding carboxylic acids is 1. The molecule has 1 atom stereocenters. The van der Waals surface area contributed by atoms with Crippen LogP contribution >= 0.6 is 12.4 Å². The molecule has 1 heterocycles. The Bertz CT molecular complexity index is 502. The van der Waals surface area contributed by atoms with Crippen molar-refractivity contribution in [3.05, 3.63) is 39.4 Å². The van der Waals surface area contributed by atoms with Crippen molar-refractivity contribution in [2.75, 3.05) is 19.6 Å². The number of hydrogen-bond acceptors (Lipinski definition) is 4. The third kappa shape index (κ3) is 3.68. The van der Waals surface area contributed by atoms with Crippen LogP contribution in [0.5, 0.6) is 0 Å². The van der Waals surface area contributed by atoms with E-state index in [0.717, 1.165) is 19.5 Å². The van der Waals surface area contributed by atoms with Crippen LogP contribution in [0.1, 0.15) is 22.3 Å². The highest BCUT2D eigenvalue weighted by Gasteiger charge is 2.19. The number of nitro benzene ring substituents is 1. The molecule has 1 saturated heterocycles. The molecule has 1 fully saturated rings. The van der Waals surface area contributed by atoms with Gasteiger partial charge in [0.25, 0.3) is 11.6 Å². The minimum absolute atomic E-state index is 0. The molecule has 2 rings (SSSR count). The molecule has 1 aromatic rings. The van der Waals surface area contributed by atoms with Crippen LogP contribution in [0.15, 0.2) is 18.2 Å². The molecule has 0 aliphatic carbocycles. The molecule has 1 aromatic carbocycles. The van der Waals surface area contributed by atoms with Crippen molar-refractivity contribution in [1.82, 2.24) is 10.6 Å². The number of benzene rings is 1. The van der Waals surface area contributed by atoms with Crippen molar-refractivity contribution in [3.63, 3.8) is 0 Å². The summed E-state index contributed by atoms with van der Waals surface area (Å²) in [5.74, 6) is 0.205. The predicted molar refractivity (Wildman–Crippen MR) is 78.4 cm³/mol. The van der Waals surface area contributed by atoms with E-state index in [1.54, 1.807) is 13.0 Å². The summed E-state index contributed by atoms with van der Waals surface area (Å²) in [4.78, 5) is 22.4. The topological polar surface area (TPSA) is 84.3 Å². The second kappa shape index (κ2) is 7.21. The highest BCUT2D eigenvalue weighted by molar-refractivity contribution is 5.96. The van der Waals surface area contributed by atoms with E-state index >= 15 is 0 Å². The Hall–Kier alpha value is -1.66. The maximum Gasteiger partial charge on any atom is 0.273 e. The molecule has 1 amide bonds. The van der Waals surface area contributed by atoms with Crippen molar-refractivity contribution < 1.29 is 9.72 Å². The number of rotatable bonds is 4. The van der Waals surface area contributed by atoms with E-state index in [9.17, 15) is 14.9 Å². The van der Waals surface area contributed by atoms with Gasteiger partial charge in [0, 0.05) is 23.7 Å². The van der Waals surface area contributed by atoms with E-state index in [-0.39, 0.29) is 24.0 Å². The van der Waals surface area contributed by atoms with Crippen molar-refractivity contribution in [3.8, 4) is 0 Å². The second-order valence-electron chi connectivity index (χ2n) is 4.78. The molecule has 0 aromatic heterocycles. The van der Waals surface area contributed by atoms with E-state index in [4.69, 9.17) is 0 Å². The van der Waals surface area contributed by atoms with Gasteiger partial charge in [-0.25, -0.2) is 0 Å².